The molecule has 6 heteroatoms. The van der Waals surface area contributed by atoms with Gasteiger partial charge in [0, 0.05) is 30.9 Å². The minimum atomic E-state index is -0.352. The molecule has 0 fully saturated rings. The van der Waals surface area contributed by atoms with E-state index in [9.17, 15) is 9.59 Å². The molecule has 0 radical (unpaired) electrons. The summed E-state index contributed by atoms with van der Waals surface area (Å²) in [5.74, 6) is -0.334. The maximum atomic E-state index is 12.6. The van der Waals surface area contributed by atoms with Gasteiger partial charge in [-0.15, -0.1) is 11.8 Å². The van der Waals surface area contributed by atoms with Gasteiger partial charge in [0.2, 0.25) is 0 Å². The normalized spacial score (nSPS) is 10.8. The Kier molecular flexibility index (Phi) is 4.66. The Morgan fingerprint density at radius 3 is 2.67 bits per heavy atom. The molecule has 0 saturated carbocycles. The fourth-order valence-corrected chi connectivity index (χ4v) is 2.86. The van der Waals surface area contributed by atoms with Crippen molar-refractivity contribution in [2.45, 2.75) is 11.4 Å². The number of carbonyl (C=O) groups excluding carboxylic acids is 1. The zero-order chi connectivity index (χ0) is 17.1. The molecule has 0 saturated heterocycles. The van der Waals surface area contributed by atoms with Gasteiger partial charge < -0.3 is 4.90 Å². The maximum absolute atomic E-state index is 12.6. The molecule has 1 amide bonds. The number of amides is 1. The molecule has 0 aliphatic carbocycles. The third-order valence-corrected chi connectivity index (χ3v) is 4.51. The number of thioether (sulfide) groups is 1. The van der Waals surface area contributed by atoms with Gasteiger partial charge in [0.05, 0.1) is 0 Å². The number of aromatic nitrogens is 2. The van der Waals surface area contributed by atoms with Gasteiger partial charge in [-0.1, -0.05) is 18.2 Å². The first-order chi connectivity index (χ1) is 11.6. The van der Waals surface area contributed by atoms with Crippen molar-refractivity contribution in [2.75, 3.05) is 13.3 Å². The Balaban J connectivity index is 1.85. The Bertz CT molecular complexity index is 935. The zero-order valence-corrected chi connectivity index (χ0v) is 14.3. The summed E-state index contributed by atoms with van der Waals surface area (Å²) in [6.45, 7) is 0.435. The zero-order valence-electron chi connectivity index (χ0n) is 13.5. The van der Waals surface area contributed by atoms with Crippen molar-refractivity contribution in [1.82, 2.24) is 14.3 Å². The van der Waals surface area contributed by atoms with Gasteiger partial charge in [0.1, 0.15) is 11.2 Å². The lowest BCUT2D eigenvalue weighted by atomic mass is 10.2. The van der Waals surface area contributed by atoms with E-state index in [1.165, 1.54) is 20.4 Å². The number of hydrogen-bond acceptors (Lipinski definition) is 4. The molecule has 0 bridgehead atoms. The van der Waals surface area contributed by atoms with Crippen LogP contribution >= 0.6 is 11.8 Å². The lowest BCUT2D eigenvalue weighted by molar-refractivity contribution is 0.0782. The number of benzene rings is 1. The van der Waals surface area contributed by atoms with E-state index in [0.29, 0.717) is 12.2 Å². The summed E-state index contributed by atoms with van der Waals surface area (Å²) in [6.07, 6.45) is 4.99. The maximum Gasteiger partial charge on any atom is 0.270 e. The van der Waals surface area contributed by atoms with E-state index in [4.69, 9.17) is 0 Å². The predicted octanol–water partition coefficient (Wildman–Crippen LogP) is 2.69. The summed E-state index contributed by atoms with van der Waals surface area (Å²) in [7, 11) is 1.68. The van der Waals surface area contributed by atoms with E-state index >= 15 is 0 Å². The molecule has 0 spiro atoms. The van der Waals surface area contributed by atoms with Crippen LogP contribution in [0.25, 0.3) is 5.65 Å². The smallest absolute Gasteiger partial charge is 0.270 e. The Hall–Kier alpha value is -2.60. The van der Waals surface area contributed by atoms with Crippen molar-refractivity contribution in [3.05, 3.63) is 76.3 Å². The molecule has 0 atom stereocenters. The molecular formula is C18H17N3O2S. The molecule has 0 N–H and O–H groups in total. The first-order valence-electron chi connectivity index (χ1n) is 7.45. The molecule has 0 aliphatic heterocycles. The standard InChI is InChI=1S/C18H17N3O2S/c1-20(12-13-6-8-14(24-2)9-7-13)17(22)15-11-19-16-5-3-4-10-21(16)18(15)23/h3-11H,12H2,1-2H3. The summed E-state index contributed by atoms with van der Waals surface area (Å²) in [6, 6.07) is 13.3. The summed E-state index contributed by atoms with van der Waals surface area (Å²) >= 11 is 1.67. The lowest BCUT2D eigenvalue weighted by Crippen LogP contribution is -2.32. The van der Waals surface area contributed by atoms with Gasteiger partial charge in [-0.25, -0.2) is 4.98 Å². The highest BCUT2D eigenvalue weighted by Crippen LogP contribution is 2.16. The third kappa shape index (κ3) is 3.19. The molecule has 5 nitrogen and oxygen atoms in total. The van der Waals surface area contributed by atoms with E-state index in [1.807, 2.05) is 30.5 Å². The number of hydrogen-bond donors (Lipinski definition) is 0. The van der Waals surface area contributed by atoms with Crippen LogP contribution in [0.15, 0.2) is 64.5 Å². The van der Waals surface area contributed by atoms with Gasteiger partial charge >= 0.3 is 0 Å². The van der Waals surface area contributed by atoms with Crippen LogP contribution in [0.1, 0.15) is 15.9 Å². The molecular weight excluding hydrogens is 322 g/mol. The third-order valence-electron chi connectivity index (χ3n) is 3.77. The summed E-state index contributed by atoms with van der Waals surface area (Å²) < 4.78 is 1.38. The minimum Gasteiger partial charge on any atom is -0.337 e. The van der Waals surface area contributed by atoms with Crippen LogP contribution in [0, 0.1) is 0 Å². The Morgan fingerprint density at radius 2 is 1.96 bits per heavy atom. The van der Waals surface area contributed by atoms with Gasteiger partial charge in [-0.05, 0) is 36.1 Å². The highest BCUT2D eigenvalue weighted by atomic mass is 32.2. The van der Waals surface area contributed by atoms with Crippen molar-refractivity contribution in [1.29, 1.82) is 0 Å². The first kappa shape index (κ1) is 16.3. The Morgan fingerprint density at radius 1 is 1.21 bits per heavy atom. The molecule has 3 rings (SSSR count). The van der Waals surface area contributed by atoms with Gasteiger partial charge in [0.15, 0.2) is 0 Å². The average Bonchev–Trinajstić information content (AvgIpc) is 2.62. The lowest BCUT2D eigenvalue weighted by Gasteiger charge is -2.17. The molecule has 24 heavy (non-hydrogen) atoms. The predicted molar refractivity (Wildman–Crippen MR) is 95.5 cm³/mol. The van der Waals surface area contributed by atoms with Crippen LogP contribution in [-0.2, 0) is 6.54 Å². The number of pyridine rings is 1. The van der Waals surface area contributed by atoms with Crippen LogP contribution in [-0.4, -0.2) is 33.5 Å². The summed E-state index contributed by atoms with van der Waals surface area (Å²) in [5, 5.41) is 0. The van der Waals surface area contributed by atoms with Crippen molar-refractivity contribution < 1.29 is 4.79 Å². The van der Waals surface area contributed by atoms with Crippen molar-refractivity contribution >= 4 is 23.3 Å². The average molecular weight is 339 g/mol. The van der Waals surface area contributed by atoms with E-state index < -0.39 is 0 Å². The highest BCUT2D eigenvalue weighted by molar-refractivity contribution is 7.98. The van der Waals surface area contributed by atoms with Crippen LogP contribution in [0.4, 0.5) is 0 Å². The molecule has 122 valence electrons. The number of carbonyl (C=O) groups is 1. The SMILES string of the molecule is CSc1ccc(CN(C)C(=O)c2cnc3ccccn3c2=O)cc1. The van der Waals surface area contributed by atoms with Gasteiger partial charge in [-0.3, -0.25) is 14.0 Å². The monoisotopic (exact) mass is 339 g/mol. The van der Waals surface area contributed by atoms with Crippen LogP contribution in [0.5, 0.6) is 0 Å². The molecule has 0 unspecified atom stereocenters. The number of fused-ring (bicyclic) bond motifs is 1. The van der Waals surface area contributed by atoms with Crippen molar-refractivity contribution in [3.8, 4) is 0 Å². The number of nitrogens with zero attached hydrogens (tertiary/aromatic N) is 3. The van der Waals surface area contributed by atoms with E-state index in [-0.39, 0.29) is 17.0 Å². The summed E-state index contributed by atoms with van der Waals surface area (Å²) in [5.41, 5.74) is 1.25. The largest absolute Gasteiger partial charge is 0.337 e. The molecule has 0 aliphatic rings. The van der Waals surface area contributed by atoms with E-state index in [2.05, 4.69) is 4.98 Å². The van der Waals surface area contributed by atoms with E-state index in [1.54, 1.807) is 43.2 Å². The second-order valence-corrected chi connectivity index (χ2v) is 6.29. The van der Waals surface area contributed by atoms with Gasteiger partial charge in [-0.2, -0.15) is 0 Å². The molecule has 3 aromatic rings. The van der Waals surface area contributed by atoms with Gasteiger partial charge in [0.25, 0.3) is 11.5 Å². The molecule has 2 aromatic heterocycles. The highest BCUT2D eigenvalue weighted by Gasteiger charge is 2.17. The quantitative estimate of drug-likeness (QED) is 0.686. The van der Waals surface area contributed by atoms with Crippen molar-refractivity contribution in [2.24, 2.45) is 0 Å². The van der Waals surface area contributed by atoms with Crippen LogP contribution in [0.3, 0.4) is 0 Å². The fraction of sp³-hybridized carbons (Fsp3) is 0.167. The van der Waals surface area contributed by atoms with Crippen molar-refractivity contribution in [3.63, 3.8) is 0 Å². The van der Waals surface area contributed by atoms with Crippen LogP contribution in [0.2, 0.25) is 0 Å². The topological polar surface area (TPSA) is 54.7 Å². The van der Waals surface area contributed by atoms with Crippen LogP contribution < -0.4 is 5.56 Å². The second-order valence-electron chi connectivity index (χ2n) is 5.42. The van der Waals surface area contributed by atoms with E-state index in [0.717, 1.165) is 5.56 Å². The second kappa shape index (κ2) is 6.88. The first-order valence-corrected chi connectivity index (χ1v) is 8.67. The number of rotatable bonds is 4. The Labute approximate surface area is 144 Å². The molecule has 1 aromatic carbocycles. The summed E-state index contributed by atoms with van der Waals surface area (Å²) in [4.78, 5) is 32.0. The molecule has 2 heterocycles. The fourth-order valence-electron chi connectivity index (χ4n) is 2.46. The minimum absolute atomic E-state index is 0.0712.